The molecule has 90 valence electrons. The fraction of sp³-hybridized carbons (Fsp3) is 0.727. The molecule has 1 fully saturated rings. The third-order valence-electron chi connectivity index (χ3n) is 2.76. The number of hydrogen-bond donors (Lipinski definition) is 1. The fourth-order valence-corrected chi connectivity index (χ4v) is 1.75. The van der Waals surface area contributed by atoms with E-state index in [1.165, 1.54) is 4.68 Å². The maximum Gasteiger partial charge on any atom is 0.280 e. The van der Waals surface area contributed by atoms with Gasteiger partial charge in [-0.2, -0.15) is 5.10 Å². The summed E-state index contributed by atoms with van der Waals surface area (Å²) < 4.78 is 27.2. The predicted octanol–water partition coefficient (Wildman–Crippen LogP) is 2.48. The van der Waals surface area contributed by atoms with Gasteiger partial charge in [0.1, 0.15) is 5.69 Å². The number of nitrogens with one attached hydrogen (secondary N) is 1. The molecule has 16 heavy (non-hydrogen) atoms. The average molecular weight is 229 g/mol. The molecular weight excluding hydrogens is 212 g/mol. The summed E-state index contributed by atoms with van der Waals surface area (Å²) in [4.78, 5) is 0. The lowest BCUT2D eigenvalue weighted by atomic mass is 10.2. The molecule has 0 aliphatic heterocycles. The Morgan fingerprint density at radius 2 is 2.31 bits per heavy atom. The number of hydrogen-bond acceptors (Lipinski definition) is 2. The molecule has 0 saturated heterocycles. The Morgan fingerprint density at radius 3 is 2.88 bits per heavy atom. The summed E-state index contributed by atoms with van der Waals surface area (Å²) in [5.74, 6) is 0. The van der Waals surface area contributed by atoms with Gasteiger partial charge in [0, 0.05) is 24.7 Å². The molecule has 1 aromatic rings. The average Bonchev–Trinajstić information content (AvgIpc) is 2.98. The van der Waals surface area contributed by atoms with Gasteiger partial charge in [0.25, 0.3) is 6.43 Å². The van der Waals surface area contributed by atoms with Crippen LogP contribution in [0.25, 0.3) is 0 Å². The minimum Gasteiger partial charge on any atom is -0.310 e. The normalized spacial score (nSPS) is 16.0. The lowest BCUT2D eigenvalue weighted by Gasteiger charge is -2.08. The Morgan fingerprint density at radius 1 is 1.56 bits per heavy atom. The van der Waals surface area contributed by atoms with Crippen LogP contribution in [0.2, 0.25) is 0 Å². The second kappa shape index (κ2) is 4.91. The first-order chi connectivity index (χ1) is 7.72. The molecule has 1 saturated carbocycles. The van der Waals surface area contributed by atoms with Gasteiger partial charge in [0.2, 0.25) is 0 Å². The van der Waals surface area contributed by atoms with Gasteiger partial charge in [0.15, 0.2) is 0 Å². The van der Waals surface area contributed by atoms with Crippen LogP contribution in [-0.4, -0.2) is 15.8 Å². The molecule has 0 atom stereocenters. The Bertz CT molecular complexity index is 345. The van der Waals surface area contributed by atoms with Crippen LogP contribution in [0.4, 0.5) is 8.78 Å². The summed E-state index contributed by atoms with van der Waals surface area (Å²) in [5.41, 5.74) is 0.713. The molecular formula is C11H17F2N3. The molecule has 1 aromatic heterocycles. The minimum atomic E-state index is -2.44. The van der Waals surface area contributed by atoms with Gasteiger partial charge in [-0.15, -0.1) is 0 Å². The number of halogens is 2. The third-order valence-corrected chi connectivity index (χ3v) is 2.76. The van der Waals surface area contributed by atoms with E-state index in [0.29, 0.717) is 24.7 Å². The van der Waals surface area contributed by atoms with Crippen LogP contribution in [0.3, 0.4) is 0 Å². The SMILES string of the molecule is CCCn1ncc(CNC2CC2)c1C(F)F. The van der Waals surface area contributed by atoms with Crippen molar-refractivity contribution in [2.24, 2.45) is 0 Å². The van der Waals surface area contributed by atoms with Crippen molar-refractivity contribution in [3.63, 3.8) is 0 Å². The van der Waals surface area contributed by atoms with E-state index in [4.69, 9.17) is 0 Å². The third kappa shape index (κ3) is 2.58. The van der Waals surface area contributed by atoms with Crippen LogP contribution >= 0.6 is 0 Å². The van der Waals surface area contributed by atoms with E-state index in [-0.39, 0.29) is 5.69 Å². The summed E-state index contributed by atoms with van der Waals surface area (Å²) in [6.45, 7) is 3.02. The van der Waals surface area contributed by atoms with E-state index in [1.807, 2.05) is 6.92 Å². The van der Waals surface area contributed by atoms with Gasteiger partial charge in [-0.3, -0.25) is 4.68 Å². The number of rotatable bonds is 6. The summed E-state index contributed by atoms with van der Waals surface area (Å²) in [7, 11) is 0. The van der Waals surface area contributed by atoms with Gasteiger partial charge in [0.05, 0.1) is 6.20 Å². The number of aryl methyl sites for hydroxylation is 1. The first-order valence-electron chi connectivity index (χ1n) is 5.78. The van der Waals surface area contributed by atoms with Crippen LogP contribution in [0, 0.1) is 0 Å². The maximum absolute atomic E-state index is 12.9. The second-order valence-electron chi connectivity index (χ2n) is 4.23. The molecule has 1 heterocycles. The highest BCUT2D eigenvalue weighted by Gasteiger charge is 2.23. The zero-order valence-electron chi connectivity index (χ0n) is 9.42. The van der Waals surface area contributed by atoms with E-state index in [1.54, 1.807) is 6.20 Å². The van der Waals surface area contributed by atoms with Crippen molar-refractivity contribution in [2.45, 2.75) is 51.7 Å². The number of nitrogens with zero attached hydrogens (tertiary/aromatic N) is 2. The molecule has 0 bridgehead atoms. The van der Waals surface area contributed by atoms with E-state index in [9.17, 15) is 8.78 Å². The molecule has 1 aliphatic rings. The van der Waals surface area contributed by atoms with Crippen molar-refractivity contribution in [2.75, 3.05) is 0 Å². The Balaban J connectivity index is 2.08. The van der Waals surface area contributed by atoms with Crippen LogP contribution < -0.4 is 5.32 Å². The van der Waals surface area contributed by atoms with Crippen LogP contribution in [0.1, 0.15) is 43.9 Å². The maximum atomic E-state index is 12.9. The molecule has 3 nitrogen and oxygen atoms in total. The van der Waals surface area contributed by atoms with Crippen molar-refractivity contribution in [3.05, 3.63) is 17.5 Å². The zero-order chi connectivity index (χ0) is 11.5. The van der Waals surface area contributed by atoms with Crippen LogP contribution in [-0.2, 0) is 13.1 Å². The smallest absolute Gasteiger partial charge is 0.280 e. The van der Waals surface area contributed by atoms with Crippen molar-refractivity contribution in [1.82, 2.24) is 15.1 Å². The zero-order valence-corrected chi connectivity index (χ0v) is 9.42. The van der Waals surface area contributed by atoms with Gasteiger partial charge < -0.3 is 5.32 Å². The van der Waals surface area contributed by atoms with Crippen LogP contribution in [0.5, 0.6) is 0 Å². The van der Waals surface area contributed by atoms with Crippen molar-refractivity contribution < 1.29 is 8.78 Å². The van der Waals surface area contributed by atoms with Crippen molar-refractivity contribution in [3.8, 4) is 0 Å². The predicted molar refractivity (Wildman–Crippen MR) is 57.3 cm³/mol. The molecule has 2 rings (SSSR count). The van der Waals surface area contributed by atoms with E-state index < -0.39 is 6.43 Å². The quantitative estimate of drug-likeness (QED) is 0.812. The Kier molecular flexibility index (Phi) is 3.53. The van der Waals surface area contributed by atoms with Crippen molar-refractivity contribution in [1.29, 1.82) is 0 Å². The van der Waals surface area contributed by atoms with Gasteiger partial charge in [-0.25, -0.2) is 8.78 Å². The highest BCUT2D eigenvalue weighted by atomic mass is 19.3. The lowest BCUT2D eigenvalue weighted by molar-refractivity contribution is 0.137. The van der Waals surface area contributed by atoms with Gasteiger partial charge >= 0.3 is 0 Å². The van der Waals surface area contributed by atoms with Crippen molar-refractivity contribution >= 4 is 0 Å². The topological polar surface area (TPSA) is 29.9 Å². The van der Waals surface area contributed by atoms with Gasteiger partial charge in [-0.1, -0.05) is 6.92 Å². The first-order valence-corrected chi connectivity index (χ1v) is 5.78. The molecule has 0 aromatic carbocycles. The monoisotopic (exact) mass is 229 g/mol. The lowest BCUT2D eigenvalue weighted by Crippen LogP contribution is -2.16. The Labute approximate surface area is 93.8 Å². The molecule has 0 radical (unpaired) electrons. The largest absolute Gasteiger partial charge is 0.310 e. The molecule has 5 heteroatoms. The number of alkyl halides is 2. The van der Waals surface area contributed by atoms with Gasteiger partial charge in [-0.05, 0) is 19.3 Å². The highest BCUT2D eigenvalue weighted by Crippen LogP contribution is 2.25. The minimum absolute atomic E-state index is 0.0787. The van der Waals surface area contributed by atoms with E-state index >= 15 is 0 Å². The first kappa shape index (κ1) is 11.5. The summed E-state index contributed by atoms with van der Waals surface area (Å²) in [6, 6.07) is 0.528. The Hall–Kier alpha value is -0.970. The second-order valence-corrected chi connectivity index (χ2v) is 4.23. The summed E-state index contributed by atoms with van der Waals surface area (Å²) in [6.07, 6.45) is 2.26. The molecule has 0 unspecified atom stereocenters. The summed E-state index contributed by atoms with van der Waals surface area (Å²) in [5, 5.41) is 7.26. The van der Waals surface area contributed by atoms with E-state index in [0.717, 1.165) is 19.3 Å². The molecule has 0 amide bonds. The standard InChI is InChI=1S/C11H17F2N3/c1-2-5-16-10(11(12)13)8(7-15-16)6-14-9-3-4-9/h7,9,11,14H,2-6H2,1H3. The molecule has 1 N–H and O–H groups in total. The number of aromatic nitrogens is 2. The van der Waals surface area contributed by atoms with E-state index in [2.05, 4.69) is 10.4 Å². The highest BCUT2D eigenvalue weighted by molar-refractivity contribution is 5.19. The molecule has 0 spiro atoms. The summed E-state index contributed by atoms with van der Waals surface area (Å²) >= 11 is 0. The fourth-order valence-electron chi connectivity index (χ4n) is 1.75. The van der Waals surface area contributed by atoms with Crippen LogP contribution in [0.15, 0.2) is 6.20 Å². The molecule has 1 aliphatic carbocycles.